The van der Waals surface area contributed by atoms with Crippen LogP contribution in [-0.2, 0) is 19.2 Å². The van der Waals surface area contributed by atoms with E-state index in [9.17, 15) is 19.2 Å². The number of allylic oxidation sites excluding steroid dienone is 2. The van der Waals surface area contributed by atoms with Crippen molar-refractivity contribution in [1.82, 2.24) is 10.2 Å². The van der Waals surface area contributed by atoms with E-state index in [0.29, 0.717) is 29.9 Å². The SMILES string of the molecule is CC(C)C1(C)C=CC2=C(C=C1)C(=O)N(C1CC3(CC3)C(=O)NC1=O)C2=O. The third-order valence-corrected chi connectivity index (χ3v) is 6.42. The summed E-state index contributed by atoms with van der Waals surface area (Å²) in [6.07, 6.45) is 8.91. The van der Waals surface area contributed by atoms with E-state index >= 15 is 0 Å². The molecule has 2 fully saturated rings. The summed E-state index contributed by atoms with van der Waals surface area (Å²) in [7, 11) is 0. The van der Waals surface area contributed by atoms with Crippen molar-refractivity contribution in [3.63, 3.8) is 0 Å². The lowest BCUT2D eigenvalue weighted by molar-refractivity contribution is -0.152. The number of piperidine rings is 1. The number of amides is 4. The molecule has 1 saturated carbocycles. The molecule has 0 radical (unpaired) electrons. The van der Waals surface area contributed by atoms with E-state index in [0.717, 1.165) is 4.90 Å². The lowest BCUT2D eigenvalue weighted by Gasteiger charge is -2.33. The molecular weight excluding hydrogens is 332 g/mol. The van der Waals surface area contributed by atoms with Gasteiger partial charge in [-0.1, -0.05) is 45.1 Å². The molecule has 4 aliphatic rings. The number of nitrogens with one attached hydrogen (secondary N) is 1. The number of nitrogens with zero attached hydrogens (tertiary/aromatic N) is 1. The minimum absolute atomic E-state index is 0.229. The van der Waals surface area contributed by atoms with Crippen molar-refractivity contribution < 1.29 is 19.2 Å². The molecule has 2 aliphatic carbocycles. The summed E-state index contributed by atoms with van der Waals surface area (Å²) in [5.74, 6) is -1.44. The van der Waals surface area contributed by atoms with Crippen LogP contribution in [0.2, 0.25) is 0 Å². The summed E-state index contributed by atoms with van der Waals surface area (Å²) < 4.78 is 0. The smallest absolute Gasteiger partial charge is 0.262 e. The molecule has 0 aromatic rings. The Morgan fingerprint density at radius 1 is 1.04 bits per heavy atom. The van der Waals surface area contributed by atoms with E-state index in [4.69, 9.17) is 0 Å². The molecule has 4 rings (SSSR count). The zero-order chi connectivity index (χ0) is 18.9. The fourth-order valence-electron chi connectivity index (χ4n) is 3.83. The first-order valence-electron chi connectivity index (χ1n) is 9.04. The first-order chi connectivity index (χ1) is 12.2. The zero-order valence-electron chi connectivity index (χ0n) is 15.2. The Kier molecular flexibility index (Phi) is 3.42. The van der Waals surface area contributed by atoms with Gasteiger partial charge >= 0.3 is 0 Å². The first kappa shape index (κ1) is 16.9. The third-order valence-electron chi connectivity index (χ3n) is 6.42. The molecule has 2 heterocycles. The van der Waals surface area contributed by atoms with Crippen LogP contribution in [0.25, 0.3) is 0 Å². The Balaban J connectivity index is 1.65. The van der Waals surface area contributed by atoms with Gasteiger partial charge in [-0.2, -0.15) is 0 Å². The van der Waals surface area contributed by atoms with Crippen molar-refractivity contribution in [1.29, 1.82) is 0 Å². The maximum absolute atomic E-state index is 12.9. The lowest BCUT2D eigenvalue weighted by atomic mass is 9.78. The maximum atomic E-state index is 12.9. The first-order valence-corrected chi connectivity index (χ1v) is 9.04. The van der Waals surface area contributed by atoms with Gasteiger partial charge in [-0.3, -0.25) is 29.4 Å². The van der Waals surface area contributed by atoms with Crippen LogP contribution in [0, 0.1) is 16.7 Å². The summed E-state index contributed by atoms with van der Waals surface area (Å²) >= 11 is 0. The molecule has 6 heteroatoms. The third kappa shape index (κ3) is 2.24. The summed E-state index contributed by atoms with van der Waals surface area (Å²) in [6.45, 7) is 6.22. The second kappa shape index (κ2) is 5.25. The van der Waals surface area contributed by atoms with E-state index < -0.39 is 29.2 Å². The number of imide groups is 2. The fourth-order valence-corrected chi connectivity index (χ4v) is 3.83. The van der Waals surface area contributed by atoms with E-state index in [2.05, 4.69) is 26.1 Å². The fraction of sp³-hybridized carbons (Fsp3) is 0.500. The minimum atomic E-state index is -0.916. The second-order valence-electron chi connectivity index (χ2n) is 8.31. The average Bonchev–Trinajstić information content (AvgIpc) is 3.33. The molecule has 1 unspecified atom stereocenters. The quantitative estimate of drug-likeness (QED) is 0.764. The predicted octanol–water partition coefficient (Wildman–Crippen LogP) is 1.64. The second-order valence-corrected chi connectivity index (χ2v) is 8.31. The van der Waals surface area contributed by atoms with Gasteiger partial charge in [0.2, 0.25) is 11.8 Å². The molecule has 1 atom stereocenters. The highest BCUT2D eigenvalue weighted by molar-refractivity contribution is 6.24. The molecule has 6 nitrogen and oxygen atoms in total. The number of rotatable bonds is 2. The van der Waals surface area contributed by atoms with E-state index in [1.54, 1.807) is 12.2 Å². The zero-order valence-corrected chi connectivity index (χ0v) is 15.2. The van der Waals surface area contributed by atoms with Gasteiger partial charge in [0.15, 0.2) is 0 Å². The molecule has 26 heavy (non-hydrogen) atoms. The standard InChI is InChI=1S/C20H22N2O4/c1-11(2)19(3)6-4-12-13(5-7-19)17(25)22(16(12)24)14-10-20(8-9-20)18(26)21-15(14)23/h4-7,11,14H,8-10H2,1-3H3,(H,21,23,26). The van der Waals surface area contributed by atoms with Gasteiger partial charge in [-0.15, -0.1) is 0 Å². The molecular formula is C20H22N2O4. The van der Waals surface area contributed by atoms with Gasteiger partial charge in [-0.25, -0.2) is 0 Å². The number of hydrogen-bond donors (Lipinski definition) is 1. The van der Waals surface area contributed by atoms with Gasteiger partial charge in [0.25, 0.3) is 11.8 Å². The van der Waals surface area contributed by atoms with Crippen LogP contribution in [-0.4, -0.2) is 34.6 Å². The van der Waals surface area contributed by atoms with Crippen molar-refractivity contribution in [2.24, 2.45) is 16.7 Å². The Morgan fingerprint density at radius 2 is 1.58 bits per heavy atom. The normalized spacial score (nSPS) is 28.8. The van der Waals surface area contributed by atoms with Crippen molar-refractivity contribution in [2.45, 2.75) is 46.1 Å². The summed E-state index contributed by atoms with van der Waals surface area (Å²) in [6, 6.07) is -0.916. The highest BCUT2D eigenvalue weighted by Gasteiger charge is 2.58. The molecule has 2 aliphatic heterocycles. The molecule has 4 amide bonds. The van der Waals surface area contributed by atoms with Crippen LogP contribution in [0.4, 0.5) is 0 Å². The van der Waals surface area contributed by atoms with E-state index in [-0.39, 0.29) is 17.7 Å². The van der Waals surface area contributed by atoms with Crippen LogP contribution in [0.1, 0.15) is 40.0 Å². The van der Waals surface area contributed by atoms with Crippen molar-refractivity contribution in [3.8, 4) is 0 Å². The van der Waals surface area contributed by atoms with Crippen LogP contribution in [0.5, 0.6) is 0 Å². The maximum Gasteiger partial charge on any atom is 0.262 e. The Labute approximate surface area is 152 Å². The Morgan fingerprint density at radius 3 is 2.04 bits per heavy atom. The molecule has 0 bridgehead atoms. The molecule has 0 aromatic heterocycles. The Bertz CT molecular complexity index is 806. The number of carbonyl (C=O) groups is 4. The summed E-state index contributed by atoms with van der Waals surface area (Å²) in [4.78, 5) is 51.2. The summed E-state index contributed by atoms with van der Waals surface area (Å²) in [5.41, 5.74) is -0.181. The predicted molar refractivity (Wildman–Crippen MR) is 93.3 cm³/mol. The highest BCUT2D eigenvalue weighted by atomic mass is 16.2. The van der Waals surface area contributed by atoms with Crippen molar-refractivity contribution >= 4 is 23.6 Å². The monoisotopic (exact) mass is 354 g/mol. The molecule has 136 valence electrons. The van der Waals surface area contributed by atoms with Gasteiger partial charge in [0.05, 0.1) is 16.6 Å². The van der Waals surface area contributed by atoms with Gasteiger partial charge in [0, 0.05) is 5.41 Å². The summed E-state index contributed by atoms with van der Waals surface area (Å²) in [5, 5.41) is 2.34. The molecule has 1 spiro atoms. The van der Waals surface area contributed by atoms with E-state index in [1.807, 2.05) is 12.2 Å². The minimum Gasteiger partial charge on any atom is -0.294 e. The number of carbonyl (C=O) groups excluding carboxylic acids is 4. The van der Waals surface area contributed by atoms with E-state index in [1.165, 1.54) is 0 Å². The average molecular weight is 354 g/mol. The van der Waals surface area contributed by atoms with Crippen LogP contribution < -0.4 is 5.32 Å². The topological polar surface area (TPSA) is 83.6 Å². The number of hydrogen-bond acceptors (Lipinski definition) is 4. The molecule has 0 aromatic carbocycles. The van der Waals surface area contributed by atoms with Crippen LogP contribution in [0.15, 0.2) is 35.5 Å². The van der Waals surface area contributed by atoms with Crippen LogP contribution >= 0.6 is 0 Å². The van der Waals surface area contributed by atoms with Crippen molar-refractivity contribution in [2.75, 3.05) is 0 Å². The van der Waals surface area contributed by atoms with Gasteiger partial charge < -0.3 is 0 Å². The van der Waals surface area contributed by atoms with Gasteiger partial charge in [0.1, 0.15) is 6.04 Å². The Hall–Kier alpha value is -2.50. The molecule has 1 N–H and O–H groups in total. The van der Waals surface area contributed by atoms with Crippen molar-refractivity contribution in [3.05, 3.63) is 35.5 Å². The molecule has 1 saturated heterocycles. The van der Waals surface area contributed by atoms with Gasteiger partial charge in [-0.05, 0) is 25.2 Å². The lowest BCUT2D eigenvalue weighted by Crippen LogP contribution is -2.58. The highest BCUT2D eigenvalue weighted by Crippen LogP contribution is 2.52. The largest absolute Gasteiger partial charge is 0.294 e. The van der Waals surface area contributed by atoms with Crippen LogP contribution in [0.3, 0.4) is 0 Å².